The number of likely N-dealkylation sites (N-methyl/N-ethyl adjacent to an activating group) is 1. The van der Waals surface area contributed by atoms with Crippen LogP contribution in [0.15, 0.2) is 35.3 Å². The van der Waals surface area contributed by atoms with Crippen LogP contribution in [0, 0.1) is 6.92 Å². The van der Waals surface area contributed by atoms with Crippen LogP contribution in [0.3, 0.4) is 0 Å². The molecule has 148 valence electrons. The van der Waals surface area contributed by atoms with Gasteiger partial charge in [-0.05, 0) is 38.6 Å². The summed E-state index contributed by atoms with van der Waals surface area (Å²) in [5.74, 6) is 1.05. The number of nitrogens with one attached hydrogen (secondary N) is 1. The van der Waals surface area contributed by atoms with Crippen molar-refractivity contribution in [2.24, 2.45) is 4.99 Å². The van der Waals surface area contributed by atoms with Gasteiger partial charge in [-0.1, -0.05) is 12.1 Å². The third-order valence-electron chi connectivity index (χ3n) is 5.01. The summed E-state index contributed by atoms with van der Waals surface area (Å²) < 4.78 is 0. The lowest BCUT2D eigenvalue weighted by molar-refractivity contribution is 0.115. The normalized spacial score (nSPS) is 18.9. The van der Waals surface area contributed by atoms with E-state index in [1.54, 1.807) is 11.3 Å². The summed E-state index contributed by atoms with van der Waals surface area (Å²) >= 11 is 1.78. The van der Waals surface area contributed by atoms with E-state index in [1.165, 1.54) is 15.4 Å². The van der Waals surface area contributed by atoms with Gasteiger partial charge in [0.2, 0.25) is 0 Å². The number of aliphatic hydroxyl groups excluding tert-OH is 1. The number of hydrogen-bond acceptors (Lipinski definition) is 6. The average molecular weight is 429 g/mol. The maximum absolute atomic E-state index is 9.39. The lowest BCUT2D eigenvalue weighted by Crippen LogP contribution is -2.53. The molecule has 1 aromatic heterocycles. The zero-order valence-electron chi connectivity index (χ0n) is 15.5. The number of thiophene rings is 1. The van der Waals surface area contributed by atoms with Crippen LogP contribution >= 0.6 is 36.2 Å². The SMILES string of the molecule is Cc1cc2c(s1)Nc1ccccc1N=C2N1CCN(C)C(CCO)C1.Cl.Cl. The number of aryl methyl sites for hydroxylation is 1. The molecule has 1 fully saturated rings. The van der Waals surface area contributed by atoms with Gasteiger partial charge >= 0.3 is 0 Å². The number of fused-ring (bicyclic) bond motifs is 2. The van der Waals surface area contributed by atoms with Gasteiger partial charge in [0.25, 0.3) is 0 Å². The molecule has 1 atom stereocenters. The van der Waals surface area contributed by atoms with Crippen LogP contribution < -0.4 is 5.32 Å². The lowest BCUT2D eigenvalue weighted by Gasteiger charge is -2.40. The summed E-state index contributed by atoms with van der Waals surface area (Å²) in [6, 6.07) is 10.8. The van der Waals surface area contributed by atoms with Gasteiger partial charge in [-0.2, -0.15) is 0 Å². The lowest BCUT2D eigenvalue weighted by atomic mass is 10.1. The number of halogens is 2. The molecule has 2 aliphatic heterocycles. The van der Waals surface area contributed by atoms with E-state index >= 15 is 0 Å². The molecule has 1 aromatic carbocycles. The van der Waals surface area contributed by atoms with Crippen LogP contribution in [0.1, 0.15) is 16.9 Å². The topological polar surface area (TPSA) is 51.1 Å². The molecule has 0 aliphatic carbocycles. The molecular weight excluding hydrogens is 403 g/mol. The first kappa shape index (κ1) is 22.0. The Balaban J connectivity index is 0.00000131. The Morgan fingerprint density at radius 2 is 2.04 bits per heavy atom. The number of hydrogen-bond donors (Lipinski definition) is 2. The smallest absolute Gasteiger partial charge is 0.139 e. The molecule has 2 aliphatic rings. The van der Waals surface area contributed by atoms with E-state index in [-0.39, 0.29) is 31.4 Å². The molecule has 8 heteroatoms. The number of rotatable bonds is 2. The fourth-order valence-electron chi connectivity index (χ4n) is 3.59. The number of amidine groups is 1. The van der Waals surface area contributed by atoms with Crippen molar-refractivity contribution in [2.75, 3.05) is 38.6 Å². The maximum atomic E-state index is 9.39. The molecule has 2 N–H and O–H groups in total. The van der Waals surface area contributed by atoms with Crippen LogP contribution in [0.2, 0.25) is 0 Å². The van der Waals surface area contributed by atoms with E-state index < -0.39 is 0 Å². The largest absolute Gasteiger partial charge is 0.396 e. The first-order chi connectivity index (χ1) is 12.2. The Labute approximate surface area is 176 Å². The fourth-order valence-corrected chi connectivity index (χ4v) is 4.51. The molecule has 0 bridgehead atoms. The van der Waals surface area contributed by atoms with Crippen molar-refractivity contribution >= 4 is 58.4 Å². The minimum atomic E-state index is 0. The zero-order chi connectivity index (χ0) is 17.4. The van der Waals surface area contributed by atoms with Crippen LogP contribution in [0.25, 0.3) is 0 Å². The number of aliphatic hydroxyl groups is 1. The van der Waals surface area contributed by atoms with Crippen molar-refractivity contribution in [1.82, 2.24) is 9.80 Å². The number of aliphatic imine (C=N–C) groups is 1. The van der Waals surface area contributed by atoms with Gasteiger partial charge in [0, 0.05) is 37.2 Å². The Bertz CT molecular complexity index is 811. The second kappa shape index (κ2) is 9.26. The van der Waals surface area contributed by atoms with E-state index in [1.807, 2.05) is 12.1 Å². The van der Waals surface area contributed by atoms with Crippen molar-refractivity contribution in [3.8, 4) is 0 Å². The van der Waals surface area contributed by atoms with Gasteiger partial charge in [-0.15, -0.1) is 36.2 Å². The highest BCUT2D eigenvalue weighted by Gasteiger charge is 2.29. The third-order valence-corrected chi connectivity index (χ3v) is 5.98. The molecular formula is C19H26Cl2N4OS. The molecule has 0 amide bonds. The molecule has 2 aromatic rings. The van der Waals surface area contributed by atoms with E-state index in [2.05, 4.69) is 47.3 Å². The summed E-state index contributed by atoms with van der Waals surface area (Å²) in [5, 5.41) is 14.1. The summed E-state index contributed by atoms with van der Waals surface area (Å²) in [6.07, 6.45) is 0.796. The highest BCUT2D eigenvalue weighted by molar-refractivity contribution is 7.16. The quantitative estimate of drug-likeness (QED) is 0.757. The molecule has 4 rings (SSSR count). The number of para-hydroxylation sites is 2. The number of nitrogens with zero attached hydrogens (tertiary/aromatic N) is 3. The standard InChI is InChI=1S/C19H24N4OS.2ClH/c1-13-11-15-18(23-9-8-22(2)14(12-23)7-10-24)20-16-5-3-4-6-17(16)21-19(15)25-13;;/h3-6,11,14,21,24H,7-10,12H2,1-2H3;2*1H. The third kappa shape index (κ3) is 4.41. The Hall–Kier alpha value is -1.31. The summed E-state index contributed by atoms with van der Waals surface area (Å²) in [5.41, 5.74) is 3.23. The minimum Gasteiger partial charge on any atom is -0.396 e. The van der Waals surface area contributed by atoms with Gasteiger partial charge in [0.1, 0.15) is 10.8 Å². The number of piperazine rings is 1. The Morgan fingerprint density at radius 1 is 1.26 bits per heavy atom. The second-order valence-electron chi connectivity index (χ2n) is 6.77. The van der Waals surface area contributed by atoms with Gasteiger partial charge in [-0.3, -0.25) is 4.90 Å². The van der Waals surface area contributed by atoms with Crippen molar-refractivity contribution in [3.05, 3.63) is 40.8 Å². The van der Waals surface area contributed by atoms with Crippen molar-refractivity contribution in [3.63, 3.8) is 0 Å². The Morgan fingerprint density at radius 3 is 2.81 bits per heavy atom. The van der Waals surface area contributed by atoms with Gasteiger partial charge < -0.3 is 15.3 Å². The maximum Gasteiger partial charge on any atom is 0.139 e. The molecule has 27 heavy (non-hydrogen) atoms. The van der Waals surface area contributed by atoms with E-state index in [9.17, 15) is 5.11 Å². The predicted octanol–water partition coefficient (Wildman–Crippen LogP) is 4.03. The second-order valence-corrected chi connectivity index (χ2v) is 8.03. The highest BCUT2D eigenvalue weighted by atomic mass is 35.5. The first-order valence-corrected chi connectivity index (χ1v) is 9.59. The molecule has 0 saturated carbocycles. The predicted molar refractivity (Wildman–Crippen MR) is 119 cm³/mol. The van der Waals surface area contributed by atoms with Crippen molar-refractivity contribution < 1.29 is 5.11 Å². The molecule has 1 saturated heterocycles. The van der Waals surface area contributed by atoms with Crippen LogP contribution in [0.5, 0.6) is 0 Å². The average Bonchev–Trinajstić information content (AvgIpc) is 2.89. The summed E-state index contributed by atoms with van der Waals surface area (Å²) in [6.45, 7) is 5.20. The van der Waals surface area contributed by atoms with Gasteiger partial charge in [0.05, 0.1) is 16.9 Å². The molecule has 3 heterocycles. The molecule has 0 radical (unpaired) electrons. The first-order valence-electron chi connectivity index (χ1n) is 8.77. The number of benzene rings is 1. The minimum absolute atomic E-state index is 0. The molecule has 5 nitrogen and oxygen atoms in total. The summed E-state index contributed by atoms with van der Waals surface area (Å²) in [4.78, 5) is 11.1. The highest BCUT2D eigenvalue weighted by Crippen LogP contribution is 2.39. The van der Waals surface area contributed by atoms with Gasteiger partial charge in [-0.25, -0.2) is 4.99 Å². The Kier molecular flexibility index (Phi) is 7.54. The molecule has 0 spiro atoms. The van der Waals surface area contributed by atoms with Crippen LogP contribution in [0.4, 0.5) is 16.4 Å². The molecule has 1 unspecified atom stereocenters. The number of anilines is 2. The zero-order valence-corrected chi connectivity index (χ0v) is 18.0. The fraction of sp³-hybridized carbons (Fsp3) is 0.421. The van der Waals surface area contributed by atoms with E-state index in [4.69, 9.17) is 4.99 Å². The van der Waals surface area contributed by atoms with Crippen LogP contribution in [-0.4, -0.2) is 60.1 Å². The van der Waals surface area contributed by atoms with E-state index in [0.717, 1.165) is 43.3 Å². The monoisotopic (exact) mass is 428 g/mol. The van der Waals surface area contributed by atoms with Crippen molar-refractivity contribution in [2.45, 2.75) is 19.4 Å². The van der Waals surface area contributed by atoms with Gasteiger partial charge in [0.15, 0.2) is 0 Å². The van der Waals surface area contributed by atoms with Crippen molar-refractivity contribution in [1.29, 1.82) is 0 Å². The van der Waals surface area contributed by atoms with E-state index in [0.29, 0.717) is 6.04 Å². The van der Waals surface area contributed by atoms with Crippen LogP contribution in [-0.2, 0) is 0 Å². The summed E-state index contributed by atoms with van der Waals surface area (Å²) in [7, 11) is 2.14.